The van der Waals surface area contributed by atoms with Crippen LogP contribution in [0.25, 0.3) is 6.08 Å². The Hall–Kier alpha value is -2.43. The van der Waals surface area contributed by atoms with Gasteiger partial charge in [-0.2, -0.15) is 0 Å². The van der Waals surface area contributed by atoms with Crippen molar-refractivity contribution in [3.05, 3.63) is 76.9 Å². The van der Waals surface area contributed by atoms with Gasteiger partial charge in [0.05, 0.1) is 13.2 Å². The predicted molar refractivity (Wildman–Crippen MR) is 105 cm³/mol. The average Bonchev–Trinajstić information content (AvgIpc) is 2.67. The van der Waals surface area contributed by atoms with E-state index < -0.39 is 6.10 Å². The van der Waals surface area contributed by atoms with Crippen molar-refractivity contribution in [2.75, 3.05) is 13.4 Å². The lowest BCUT2D eigenvalue weighted by atomic mass is 9.90. The van der Waals surface area contributed by atoms with Gasteiger partial charge in [-0.15, -0.1) is 0 Å². The molecular formula is C23H26O4. The van der Waals surface area contributed by atoms with E-state index in [2.05, 4.69) is 37.3 Å². The van der Waals surface area contributed by atoms with Crippen LogP contribution in [0, 0.1) is 5.92 Å². The molecule has 0 fully saturated rings. The second-order valence-electron chi connectivity index (χ2n) is 6.92. The Morgan fingerprint density at radius 1 is 1.15 bits per heavy atom. The Balaban J connectivity index is 1.46. The Morgan fingerprint density at radius 3 is 2.74 bits per heavy atom. The van der Waals surface area contributed by atoms with Crippen molar-refractivity contribution in [1.82, 2.24) is 0 Å². The zero-order chi connectivity index (χ0) is 19.1. The lowest BCUT2D eigenvalue weighted by Gasteiger charge is -2.18. The molecule has 0 aliphatic heterocycles. The number of rotatable bonds is 8. The fourth-order valence-corrected chi connectivity index (χ4v) is 3.21. The number of carbonyl (C=O) groups excluding carboxylic acids is 1. The average molecular weight is 366 g/mol. The largest absolute Gasteiger partial charge is 0.455 e. The standard InChI is InChI=1S/C23H26O4/c1-17-8-10-20-11-9-19(13-22(20)12-17)14-25-16-26-15-23(27-18(2)24)21-6-4-3-5-7-21/h3-11,13,17,23H,12,14-16H2,1-2H3. The summed E-state index contributed by atoms with van der Waals surface area (Å²) in [6, 6.07) is 16.0. The van der Waals surface area contributed by atoms with Gasteiger partial charge in [-0.05, 0) is 34.6 Å². The highest BCUT2D eigenvalue weighted by Crippen LogP contribution is 2.24. The van der Waals surface area contributed by atoms with Crippen LogP contribution in [0.4, 0.5) is 0 Å². The molecule has 0 saturated carbocycles. The maximum atomic E-state index is 11.3. The van der Waals surface area contributed by atoms with Gasteiger partial charge in [0, 0.05) is 6.92 Å². The third-order valence-corrected chi connectivity index (χ3v) is 4.54. The summed E-state index contributed by atoms with van der Waals surface area (Å²) in [6.07, 6.45) is 5.08. The summed E-state index contributed by atoms with van der Waals surface area (Å²) in [4.78, 5) is 11.3. The molecular weight excluding hydrogens is 340 g/mol. The van der Waals surface area contributed by atoms with Crippen LogP contribution in [0.1, 0.15) is 42.2 Å². The van der Waals surface area contributed by atoms with Crippen molar-refractivity contribution in [3.8, 4) is 0 Å². The van der Waals surface area contributed by atoms with Crippen LogP contribution in [0.5, 0.6) is 0 Å². The van der Waals surface area contributed by atoms with Crippen LogP contribution in [-0.2, 0) is 32.0 Å². The number of carbonyl (C=O) groups is 1. The molecule has 4 heteroatoms. The van der Waals surface area contributed by atoms with Gasteiger partial charge in [0.15, 0.2) is 6.10 Å². The smallest absolute Gasteiger partial charge is 0.303 e. The van der Waals surface area contributed by atoms with E-state index in [9.17, 15) is 4.79 Å². The molecule has 0 amide bonds. The lowest BCUT2D eigenvalue weighted by molar-refractivity contribution is -0.154. The van der Waals surface area contributed by atoms with Gasteiger partial charge in [-0.25, -0.2) is 0 Å². The first-order valence-electron chi connectivity index (χ1n) is 9.29. The molecule has 0 heterocycles. The Kier molecular flexibility index (Phi) is 6.80. The molecule has 0 saturated heterocycles. The molecule has 2 aromatic rings. The summed E-state index contributed by atoms with van der Waals surface area (Å²) in [7, 11) is 0. The number of esters is 1. The molecule has 0 radical (unpaired) electrons. The lowest BCUT2D eigenvalue weighted by Crippen LogP contribution is -2.16. The fraction of sp³-hybridized carbons (Fsp3) is 0.348. The van der Waals surface area contributed by atoms with E-state index >= 15 is 0 Å². The van der Waals surface area contributed by atoms with E-state index in [1.54, 1.807) is 0 Å². The summed E-state index contributed by atoms with van der Waals surface area (Å²) in [5, 5.41) is 0. The number of fused-ring (bicyclic) bond motifs is 1. The first-order chi connectivity index (χ1) is 13.1. The summed E-state index contributed by atoms with van der Waals surface area (Å²) in [6.45, 7) is 4.53. The Labute approximate surface area is 160 Å². The zero-order valence-electron chi connectivity index (χ0n) is 15.9. The molecule has 0 aromatic heterocycles. The summed E-state index contributed by atoms with van der Waals surface area (Å²) >= 11 is 0. The third kappa shape index (κ3) is 5.78. The van der Waals surface area contributed by atoms with Gasteiger partial charge in [0.25, 0.3) is 0 Å². The van der Waals surface area contributed by atoms with Crippen molar-refractivity contribution in [2.24, 2.45) is 5.92 Å². The first-order valence-corrected chi connectivity index (χ1v) is 9.29. The van der Waals surface area contributed by atoms with Crippen molar-refractivity contribution in [2.45, 2.75) is 33.0 Å². The number of hydrogen-bond acceptors (Lipinski definition) is 4. The number of hydrogen-bond donors (Lipinski definition) is 0. The summed E-state index contributed by atoms with van der Waals surface area (Å²) < 4.78 is 16.6. The molecule has 2 aromatic carbocycles. The maximum absolute atomic E-state index is 11.3. The normalized spacial score (nSPS) is 16.6. The van der Waals surface area contributed by atoms with Crippen LogP contribution in [0.2, 0.25) is 0 Å². The highest BCUT2D eigenvalue weighted by Gasteiger charge is 2.15. The van der Waals surface area contributed by atoms with Gasteiger partial charge < -0.3 is 14.2 Å². The Bertz CT molecular complexity index is 782. The molecule has 0 bridgehead atoms. The van der Waals surface area contributed by atoms with E-state index in [-0.39, 0.29) is 19.4 Å². The Morgan fingerprint density at radius 2 is 1.96 bits per heavy atom. The molecule has 27 heavy (non-hydrogen) atoms. The van der Waals surface area contributed by atoms with Gasteiger partial charge in [0.2, 0.25) is 0 Å². The molecule has 1 aliphatic carbocycles. The van der Waals surface area contributed by atoms with Crippen LogP contribution in [-0.4, -0.2) is 19.4 Å². The monoisotopic (exact) mass is 366 g/mol. The van der Waals surface area contributed by atoms with E-state index in [0.717, 1.165) is 17.5 Å². The first kappa shape index (κ1) is 19.3. The minimum atomic E-state index is -0.427. The van der Waals surface area contributed by atoms with E-state index in [1.165, 1.54) is 18.1 Å². The second kappa shape index (κ2) is 9.49. The molecule has 1 aliphatic rings. The number of benzene rings is 2. The van der Waals surface area contributed by atoms with Crippen LogP contribution < -0.4 is 0 Å². The van der Waals surface area contributed by atoms with Crippen LogP contribution >= 0.6 is 0 Å². The minimum absolute atomic E-state index is 0.151. The molecule has 2 unspecified atom stereocenters. The van der Waals surface area contributed by atoms with Crippen LogP contribution in [0.3, 0.4) is 0 Å². The minimum Gasteiger partial charge on any atom is -0.455 e. The molecule has 142 valence electrons. The van der Waals surface area contributed by atoms with Gasteiger partial charge in [-0.1, -0.05) is 67.6 Å². The fourth-order valence-electron chi connectivity index (χ4n) is 3.21. The third-order valence-electron chi connectivity index (χ3n) is 4.54. The number of allylic oxidation sites excluding steroid dienone is 1. The van der Waals surface area contributed by atoms with E-state index in [4.69, 9.17) is 14.2 Å². The van der Waals surface area contributed by atoms with Crippen molar-refractivity contribution >= 4 is 12.0 Å². The summed E-state index contributed by atoms with van der Waals surface area (Å²) in [5.74, 6) is 0.249. The van der Waals surface area contributed by atoms with E-state index in [1.807, 2.05) is 30.3 Å². The maximum Gasteiger partial charge on any atom is 0.303 e. The molecule has 4 nitrogen and oxygen atoms in total. The van der Waals surface area contributed by atoms with Crippen molar-refractivity contribution in [3.63, 3.8) is 0 Å². The molecule has 0 N–H and O–H groups in total. The quantitative estimate of drug-likeness (QED) is 0.386. The van der Waals surface area contributed by atoms with Crippen molar-refractivity contribution in [1.29, 1.82) is 0 Å². The molecule has 2 atom stereocenters. The van der Waals surface area contributed by atoms with Crippen molar-refractivity contribution < 1.29 is 19.0 Å². The predicted octanol–water partition coefficient (Wildman–Crippen LogP) is 4.69. The van der Waals surface area contributed by atoms with Gasteiger partial charge >= 0.3 is 5.97 Å². The van der Waals surface area contributed by atoms with E-state index in [0.29, 0.717) is 12.5 Å². The van der Waals surface area contributed by atoms with Gasteiger partial charge in [0.1, 0.15) is 6.79 Å². The number of ether oxygens (including phenoxy) is 3. The van der Waals surface area contributed by atoms with Crippen LogP contribution in [0.15, 0.2) is 54.6 Å². The summed E-state index contributed by atoms with van der Waals surface area (Å²) in [5.41, 5.74) is 4.70. The van der Waals surface area contributed by atoms with Gasteiger partial charge in [-0.3, -0.25) is 4.79 Å². The SMILES string of the molecule is CC(=O)OC(COCOCc1ccc2c(c1)CC(C)C=C2)c1ccccc1. The zero-order valence-corrected chi connectivity index (χ0v) is 15.9. The highest BCUT2D eigenvalue weighted by molar-refractivity contribution is 5.66. The highest BCUT2D eigenvalue weighted by atomic mass is 16.7. The second-order valence-corrected chi connectivity index (χ2v) is 6.92. The molecule has 0 spiro atoms. The molecule has 3 rings (SSSR count). The topological polar surface area (TPSA) is 44.8 Å².